The van der Waals surface area contributed by atoms with Gasteiger partial charge in [-0.25, -0.2) is 4.79 Å². The molecule has 2 aliphatic rings. The molecule has 1 aliphatic heterocycles. The van der Waals surface area contributed by atoms with Gasteiger partial charge in [-0.1, -0.05) is 31.2 Å². The first-order valence-electron chi connectivity index (χ1n) is 8.14. The summed E-state index contributed by atoms with van der Waals surface area (Å²) < 4.78 is 0. The Bertz CT molecular complexity index is 495. The summed E-state index contributed by atoms with van der Waals surface area (Å²) in [6, 6.07) is 9.46. The number of urea groups is 1. The summed E-state index contributed by atoms with van der Waals surface area (Å²) in [5.74, 6) is 0. The lowest BCUT2D eigenvalue weighted by atomic mass is 10.1. The lowest BCUT2D eigenvalue weighted by Gasteiger charge is -2.38. The summed E-state index contributed by atoms with van der Waals surface area (Å²) in [6.45, 7) is 6.50. The molecule has 4 heteroatoms. The number of carbonyl (C=O) groups excluding carboxylic acids is 1. The van der Waals surface area contributed by atoms with E-state index in [1.54, 1.807) is 0 Å². The molecule has 0 radical (unpaired) electrons. The first-order valence-corrected chi connectivity index (χ1v) is 8.14. The van der Waals surface area contributed by atoms with Crippen molar-refractivity contribution in [3.05, 3.63) is 35.4 Å². The molecule has 1 fully saturated rings. The Morgan fingerprint density at radius 1 is 1.24 bits per heavy atom. The largest absolute Gasteiger partial charge is 0.338 e. The summed E-state index contributed by atoms with van der Waals surface area (Å²) in [7, 11) is 0. The number of nitrogens with zero attached hydrogens (tertiary/aromatic N) is 2. The van der Waals surface area contributed by atoms with E-state index < -0.39 is 0 Å². The van der Waals surface area contributed by atoms with Crippen molar-refractivity contribution in [3.8, 4) is 0 Å². The van der Waals surface area contributed by atoms with Crippen LogP contribution in [0, 0.1) is 0 Å². The summed E-state index contributed by atoms with van der Waals surface area (Å²) in [5, 5.41) is 2.97. The normalized spacial score (nSPS) is 22.1. The average Bonchev–Trinajstić information content (AvgIpc) is 2.97. The van der Waals surface area contributed by atoms with Gasteiger partial charge in [0.05, 0.1) is 0 Å². The smallest absolute Gasteiger partial charge is 0.317 e. The third kappa shape index (κ3) is 3.05. The molecule has 1 aromatic rings. The van der Waals surface area contributed by atoms with E-state index in [9.17, 15) is 4.79 Å². The van der Waals surface area contributed by atoms with Crippen LogP contribution >= 0.6 is 0 Å². The van der Waals surface area contributed by atoms with E-state index >= 15 is 0 Å². The molecule has 4 nitrogen and oxygen atoms in total. The molecule has 1 heterocycles. The van der Waals surface area contributed by atoms with Gasteiger partial charge in [0.25, 0.3) is 0 Å². The van der Waals surface area contributed by atoms with Crippen LogP contribution in [0.4, 0.5) is 4.79 Å². The number of rotatable bonds is 3. The van der Waals surface area contributed by atoms with Gasteiger partial charge in [0.1, 0.15) is 0 Å². The third-order valence-corrected chi connectivity index (χ3v) is 4.67. The SMILES string of the molecule is CCCNC(=O)N1CCN(C2CCc3ccccc32)CC1. The fraction of sp³-hybridized carbons (Fsp3) is 0.588. The van der Waals surface area contributed by atoms with Crippen LogP contribution in [-0.2, 0) is 6.42 Å². The van der Waals surface area contributed by atoms with Gasteiger partial charge in [-0.3, -0.25) is 4.90 Å². The Morgan fingerprint density at radius 3 is 2.76 bits per heavy atom. The van der Waals surface area contributed by atoms with Gasteiger partial charge >= 0.3 is 6.03 Å². The maximum atomic E-state index is 12.0. The molecule has 1 unspecified atom stereocenters. The number of carbonyl (C=O) groups is 1. The van der Waals surface area contributed by atoms with Crippen molar-refractivity contribution in [3.63, 3.8) is 0 Å². The Hall–Kier alpha value is -1.55. The average molecular weight is 287 g/mol. The molecule has 0 aromatic heterocycles. The first-order chi connectivity index (χ1) is 10.3. The second-order valence-corrected chi connectivity index (χ2v) is 6.01. The topological polar surface area (TPSA) is 35.6 Å². The standard InChI is InChI=1S/C17H25N3O/c1-2-9-18-17(21)20-12-10-19(11-13-20)16-8-7-14-5-3-4-6-15(14)16/h3-6,16H,2,7-13H2,1H3,(H,18,21). The Labute approximate surface area is 127 Å². The highest BCUT2D eigenvalue weighted by Crippen LogP contribution is 2.35. The van der Waals surface area contributed by atoms with E-state index in [0.29, 0.717) is 6.04 Å². The van der Waals surface area contributed by atoms with Crippen molar-refractivity contribution in [2.75, 3.05) is 32.7 Å². The van der Waals surface area contributed by atoms with Crippen LogP contribution in [0.5, 0.6) is 0 Å². The van der Waals surface area contributed by atoms with Gasteiger partial charge in [-0.2, -0.15) is 0 Å². The fourth-order valence-corrected chi connectivity index (χ4v) is 3.49. The number of nitrogens with one attached hydrogen (secondary N) is 1. The third-order valence-electron chi connectivity index (χ3n) is 4.67. The van der Waals surface area contributed by atoms with Crippen LogP contribution in [0.2, 0.25) is 0 Å². The maximum absolute atomic E-state index is 12.0. The lowest BCUT2D eigenvalue weighted by Crippen LogP contribution is -2.52. The minimum atomic E-state index is 0.100. The van der Waals surface area contributed by atoms with Gasteiger partial charge < -0.3 is 10.2 Å². The molecule has 0 spiro atoms. The summed E-state index contributed by atoms with van der Waals surface area (Å²) in [4.78, 5) is 16.5. The van der Waals surface area contributed by atoms with Crippen LogP contribution in [0.3, 0.4) is 0 Å². The highest BCUT2D eigenvalue weighted by Gasteiger charge is 2.30. The maximum Gasteiger partial charge on any atom is 0.317 e. The molecule has 1 atom stereocenters. The lowest BCUT2D eigenvalue weighted by molar-refractivity contribution is 0.108. The number of hydrogen-bond acceptors (Lipinski definition) is 2. The molecular formula is C17H25N3O. The first kappa shape index (κ1) is 14.4. The summed E-state index contributed by atoms with van der Waals surface area (Å²) >= 11 is 0. The van der Waals surface area contributed by atoms with Gasteiger partial charge in [-0.15, -0.1) is 0 Å². The minimum absolute atomic E-state index is 0.100. The minimum Gasteiger partial charge on any atom is -0.338 e. The van der Waals surface area contributed by atoms with E-state index in [4.69, 9.17) is 0 Å². The monoisotopic (exact) mass is 287 g/mol. The molecule has 114 valence electrons. The van der Waals surface area contributed by atoms with Gasteiger partial charge in [0.2, 0.25) is 0 Å². The molecule has 1 N–H and O–H groups in total. The van der Waals surface area contributed by atoms with Gasteiger partial charge in [0.15, 0.2) is 0 Å². The molecule has 1 saturated heterocycles. The second kappa shape index (κ2) is 6.48. The van der Waals surface area contributed by atoms with Crippen LogP contribution in [0.25, 0.3) is 0 Å². The van der Waals surface area contributed by atoms with E-state index in [2.05, 4.69) is 41.4 Å². The fourth-order valence-electron chi connectivity index (χ4n) is 3.49. The molecule has 0 bridgehead atoms. The van der Waals surface area contributed by atoms with Crippen molar-refractivity contribution in [2.24, 2.45) is 0 Å². The molecule has 1 aliphatic carbocycles. The predicted octanol–water partition coefficient (Wildman–Crippen LogP) is 2.41. The summed E-state index contributed by atoms with van der Waals surface area (Å²) in [5.41, 5.74) is 3.01. The molecule has 1 aromatic carbocycles. The number of piperazine rings is 1. The Morgan fingerprint density at radius 2 is 2.00 bits per heavy atom. The van der Waals surface area contributed by atoms with E-state index in [1.807, 2.05) is 4.90 Å². The van der Waals surface area contributed by atoms with Crippen LogP contribution in [0.1, 0.15) is 36.9 Å². The molecule has 21 heavy (non-hydrogen) atoms. The van der Waals surface area contributed by atoms with Crippen LogP contribution in [0.15, 0.2) is 24.3 Å². The zero-order valence-electron chi connectivity index (χ0n) is 12.8. The van der Waals surface area contributed by atoms with Crippen molar-refractivity contribution in [1.29, 1.82) is 0 Å². The van der Waals surface area contributed by atoms with Gasteiger partial charge in [-0.05, 0) is 30.4 Å². The number of hydrogen-bond donors (Lipinski definition) is 1. The molecule has 3 rings (SSSR count). The molecular weight excluding hydrogens is 262 g/mol. The van der Waals surface area contributed by atoms with E-state index in [-0.39, 0.29) is 6.03 Å². The van der Waals surface area contributed by atoms with Gasteiger partial charge in [0, 0.05) is 38.8 Å². The van der Waals surface area contributed by atoms with Crippen LogP contribution in [-0.4, -0.2) is 48.6 Å². The quantitative estimate of drug-likeness (QED) is 0.926. The number of amides is 2. The number of benzene rings is 1. The number of fused-ring (bicyclic) bond motifs is 1. The Balaban J connectivity index is 1.56. The molecule has 0 saturated carbocycles. The van der Waals surface area contributed by atoms with Crippen molar-refractivity contribution < 1.29 is 4.79 Å². The van der Waals surface area contributed by atoms with E-state index in [1.165, 1.54) is 24.0 Å². The highest BCUT2D eigenvalue weighted by atomic mass is 16.2. The van der Waals surface area contributed by atoms with Crippen molar-refractivity contribution in [2.45, 2.75) is 32.2 Å². The van der Waals surface area contributed by atoms with Crippen molar-refractivity contribution >= 4 is 6.03 Å². The summed E-state index contributed by atoms with van der Waals surface area (Å²) in [6.07, 6.45) is 3.41. The molecule has 2 amide bonds. The zero-order chi connectivity index (χ0) is 14.7. The van der Waals surface area contributed by atoms with Crippen LogP contribution < -0.4 is 5.32 Å². The predicted molar refractivity (Wildman–Crippen MR) is 84.3 cm³/mol. The Kier molecular flexibility index (Phi) is 4.44. The zero-order valence-corrected chi connectivity index (χ0v) is 12.8. The second-order valence-electron chi connectivity index (χ2n) is 6.01. The highest BCUT2D eigenvalue weighted by molar-refractivity contribution is 5.74. The number of aryl methyl sites for hydroxylation is 1. The van der Waals surface area contributed by atoms with Crippen molar-refractivity contribution in [1.82, 2.24) is 15.1 Å². The van der Waals surface area contributed by atoms with E-state index in [0.717, 1.165) is 39.1 Å².